The number of ether oxygens (including phenoxy) is 1. The Morgan fingerprint density at radius 3 is 2.36 bits per heavy atom. The highest BCUT2D eigenvalue weighted by molar-refractivity contribution is 7.88. The number of sulfonamides is 1. The number of carbonyl (C=O) groups is 1. The molecule has 0 aromatic carbocycles. The Bertz CT molecular complexity index is 234. The molecule has 0 saturated heterocycles. The Morgan fingerprint density at radius 2 is 2.09 bits per heavy atom. The molecule has 66 valence electrons. The van der Waals surface area contributed by atoms with E-state index >= 15 is 0 Å². The number of nitrogens with zero attached hydrogens (tertiary/aromatic N) is 1. The summed E-state index contributed by atoms with van der Waals surface area (Å²) < 4.78 is 25.8. The van der Waals surface area contributed by atoms with E-state index < -0.39 is 22.5 Å². The molecule has 0 spiro atoms. The fourth-order valence-electron chi connectivity index (χ4n) is 0.309. The van der Waals surface area contributed by atoms with Crippen LogP contribution in [-0.2, 0) is 19.6 Å². The highest BCUT2D eigenvalue weighted by atomic mass is 32.2. The van der Waals surface area contributed by atoms with Crippen LogP contribution in [0.4, 0.5) is 0 Å². The Balaban J connectivity index is 4.10. The van der Waals surface area contributed by atoms with E-state index in [1.54, 1.807) is 0 Å². The van der Waals surface area contributed by atoms with E-state index in [-0.39, 0.29) is 0 Å². The molecule has 0 bridgehead atoms. The van der Waals surface area contributed by atoms with E-state index in [0.29, 0.717) is 4.41 Å². The molecule has 0 aliphatic rings. The lowest BCUT2D eigenvalue weighted by molar-refractivity contribution is -0.140. The van der Waals surface area contributed by atoms with Gasteiger partial charge in [0.1, 0.15) is 6.54 Å². The van der Waals surface area contributed by atoms with Crippen LogP contribution in [-0.4, -0.2) is 38.7 Å². The van der Waals surface area contributed by atoms with Gasteiger partial charge in [0, 0.05) is 0 Å². The molecule has 0 aromatic rings. The van der Waals surface area contributed by atoms with Gasteiger partial charge < -0.3 is 4.74 Å². The zero-order chi connectivity index (χ0) is 9.07. The van der Waals surface area contributed by atoms with Crippen molar-refractivity contribution >= 4 is 16.0 Å². The summed E-state index contributed by atoms with van der Waals surface area (Å²) in [5, 5.41) is 0. The van der Waals surface area contributed by atoms with Crippen LogP contribution in [0.3, 0.4) is 0 Å². The molecule has 7 heteroatoms. The molecule has 0 rings (SSSR count). The van der Waals surface area contributed by atoms with E-state index in [2.05, 4.69) is 4.74 Å². The quantitative estimate of drug-likeness (QED) is 0.319. The molecule has 2 N–H and O–H groups in total. The number of carbonyl (C=O) groups excluding carboxylic acids is 1. The third-order valence-electron chi connectivity index (χ3n) is 0.939. The molecule has 11 heavy (non-hydrogen) atoms. The molecular weight excluding hydrogens is 172 g/mol. The monoisotopic (exact) mass is 182 g/mol. The van der Waals surface area contributed by atoms with Crippen LogP contribution in [0.25, 0.3) is 0 Å². The summed E-state index contributed by atoms with van der Waals surface area (Å²) in [6.07, 6.45) is 0.899. The van der Waals surface area contributed by atoms with E-state index in [4.69, 9.17) is 5.84 Å². The topological polar surface area (TPSA) is 89.7 Å². The van der Waals surface area contributed by atoms with Gasteiger partial charge in [0.05, 0.1) is 13.4 Å². The molecule has 0 aliphatic heterocycles. The second kappa shape index (κ2) is 3.65. The summed E-state index contributed by atoms with van der Waals surface area (Å²) in [6, 6.07) is 0. The third-order valence-corrected chi connectivity index (χ3v) is 1.92. The lowest BCUT2D eigenvalue weighted by atomic mass is 10.7. The van der Waals surface area contributed by atoms with Crippen LogP contribution in [0.1, 0.15) is 0 Å². The molecule has 0 atom stereocenters. The van der Waals surface area contributed by atoms with Gasteiger partial charge >= 0.3 is 5.97 Å². The Morgan fingerprint density at radius 1 is 1.64 bits per heavy atom. The number of rotatable bonds is 3. The van der Waals surface area contributed by atoms with Crippen LogP contribution in [0, 0.1) is 0 Å². The van der Waals surface area contributed by atoms with Crippen molar-refractivity contribution in [2.45, 2.75) is 0 Å². The smallest absolute Gasteiger partial charge is 0.322 e. The van der Waals surface area contributed by atoms with Gasteiger partial charge in [-0.1, -0.05) is 0 Å². The molecule has 0 aliphatic carbocycles. The number of esters is 1. The molecule has 0 unspecified atom stereocenters. The van der Waals surface area contributed by atoms with Gasteiger partial charge in [-0.2, -0.15) is 0 Å². The van der Waals surface area contributed by atoms with Gasteiger partial charge in [-0.3, -0.25) is 10.6 Å². The molecule has 0 fully saturated rings. The molecular formula is C4H10N2O4S. The molecule has 0 saturated carbocycles. The summed E-state index contributed by atoms with van der Waals surface area (Å²) >= 11 is 0. The SMILES string of the molecule is COC(=O)CN(N)S(C)(=O)=O. The number of methoxy groups -OCH3 is 1. The number of hydrazine groups is 1. The molecule has 0 aromatic heterocycles. The lowest BCUT2D eigenvalue weighted by Crippen LogP contribution is -2.40. The highest BCUT2D eigenvalue weighted by Crippen LogP contribution is 1.88. The van der Waals surface area contributed by atoms with Gasteiger partial charge in [0.15, 0.2) is 0 Å². The number of nitrogens with two attached hydrogens (primary N) is 1. The van der Waals surface area contributed by atoms with Crippen molar-refractivity contribution in [3.8, 4) is 0 Å². The summed E-state index contributed by atoms with van der Waals surface area (Å²) in [7, 11) is -2.35. The first-order valence-corrected chi connectivity index (χ1v) is 4.52. The predicted octanol–water partition coefficient (Wildman–Crippen LogP) is -1.71. The van der Waals surface area contributed by atoms with Crippen molar-refractivity contribution < 1.29 is 17.9 Å². The second-order valence-electron chi connectivity index (χ2n) is 1.88. The Hall–Kier alpha value is -0.660. The number of hydrogen-bond donors (Lipinski definition) is 1. The van der Waals surface area contributed by atoms with Crippen molar-refractivity contribution in [2.24, 2.45) is 5.84 Å². The first-order chi connectivity index (χ1) is 4.88. The van der Waals surface area contributed by atoms with Crippen LogP contribution >= 0.6 is 0 Å². The molecule has 0 heterocycles. The van der Waals surface area contributed by atoms with Crippen molar-refractivity contribution in [3.05, 3.63) is 0 Å². The van der Waals surface area contributed by atoms with Crippen molar-refractivity contribution in [1.29, 1.82) is 0 Å². The van der Waals surface area contributed by atoms with E-state index in [0.717, 1.165) is 13.4 Å². The van der Waals surface area contributed by atoms with Crippen molar-refractivity contribution in [1.82, 2.24) is 4.41 Å². The van der Waals surface area contributed by atoms with Crippen LogP contribution in [0.15, 0.2) is 0 Å². The van der Waals surface area contributed by atoms with E-state index in [1.165, 1.54) is 0 Å². The second-order valence-corrected chi connectivity index (χ2v) is 3.82. The minimum Gasteiger partial charge on any atom is -0.468 e. The summed E-state index contributed by atoms with van der Waals surface area (Å²) in [5.41, 5.74) is 0. The van der Waals surface area contributed by atoms with Gasteiger partial charge in [0.2, 0.25) is 10.0 Å². The fourth-order valence-corrected chi connectivity index (χ4v) is 0.649. The van der Waals surface area contributed by atoms with Gasteiger partial charge in [-0.15, -0.1) is 4.41 Å². The highest BCUT2D eigenvalue weighted by Gasteiger charge is 2.15. The Labute approximate surface area is 64.9 Å². The van der Waals surface area contributed by atoms with Gasteiger partial charge in [-0.25, -0.2) is 8.42 Å². The molecule has 0 amide bonds. The minimum atomic E-state index is -3.50. The maximum atomic E-state index is 10.6. The predicted molar refractivity (Wildman–Crippen MR) is 37.8 cm³/mol. The first kappa shape index (κ1) is 10.3. The van der Waals surface area contributed by atoms with E-state index in [9.17, 15) is 13.2 Å². The maximum absolute atomic E-state index is 10.6. The third kappa shape index (κ3) is 3.91. The first-order valence-electron chi connectivity index (χ1n) is 2.67. The molecule has 6 nitrogen and oxygen atoms in total. The average Bonchev–Trinajstić information content (AvgIpc) is 1.85. The largest absolute Gasteiger partial charge is 0.468 e. The Kier molecular flexibility index (Phi) is 3.43. The van der Waals surface area contributed by atoms with Crippen molar-refractivity contribution in [2.75, 3.05) is 19.9 Å². The number of hydrogen-bond acceptors (Lipinski definition) is 5. The lowest BCUT2D eigenvalue weighted by Gasteiger charge is -2.10. The van der Waals surface area contributed by atoms with Crippen molar-refractivity contribution in [3.63, 3.8) is 0 Å². The fraction of sp³-hybridized carbons (Fsp3) is 0.750. The zero-order valence-electron chi connectivity index (χ0n) is 6.27. The summed E-state index contributed by atoms with van der Waals surface area (Å²) in [6.45, 7) is -0.463. The average molecular weight is 182 g/mol. The minimum absolute atomic E-state index is 0.416. The van der Waals surface area contributed by atoms with Crippen LogP contribution in [0.5, 0.6) is 0 Å². The normalized spacial score (nSPS) is 11.6. The summed E-state index contributed by atoms with van der Waals surface area (Å²) in [5.74, 6) is 4.28. The summed E-state index contributed by atoms with van der Waals surface area (Å²) in [4.78, 5) is 10.5. The van der Waals surface area contributed by atoms with E-state index in [1.807, 2.05) is 0 Å². The van der Waals surface area contributed by atoms with Crippen LogP contribution < -0.4 is 5.84 Å². The maximum Gasteiger partial charge on any atom is 0.322 e. The zero-order valence-corrected chi connectivity index (χ0v) is 7.09. The van der Waals surface area contributed by atoms with Gasteiger partial charge in [0.25, 0.3) is 0 Å². The van der Waals surface area contributed by atoms with Gasteiger partial charge in [-0.05, 0) is 0 Å². The molecule has 0 radical (unpaired) electrons. The standard InChI is InChI=1S/C4H10N2O4S/c1-10-4(7)3-6(5)11(2,8)9/h3,5H2,1-2H3. The van der Waals surface area contributed by atoms with Crippen LogP contribution in [0.2, 0.25) is 0 Å².